The first-order chi connectivity index (χ1) is 13.5. The molecular formula is C21H31N3O4. The Morgan fingerprint density at radius 1 is 1.18 bits per heavy atom. The Bertz CT molecular complexity index is 669. The Kier molecular flexibility index (Phi) is 8.78. The number of hydrogen-bond acceptors (Lipinski definition) is 5. The molecule has 0 saturated carbocycles. The maximum absolute atomic E-state index is 12.4. The van der Waals surface area contributed by atoms with Crippen molar-refractivity contribution in [2.24, 2.45) is 5.92 Å². The van der Waals surface area contributed by atoms with Crippen LogP contribution in [0.1, 0.15) is 49.9 Å². The van der Waals surface area contributed by atoms with E-state index >= 15 is 0 Å². The number of anilines is 1. The van der Waals surface area contributed by atoms with Gasteiger partial charge in [-0.25, -0.2) is 0 Å². The molecule has 0 aliphatic carbocycles. The van der Waals surface area contributed by atoms with Crippen LogP contribution in [-0.4, -0.2) is 55.5 Å². The number of likely N-dealkylation sites (tertiary alicyclic amines) is 1. The van der Waals surface area contributed by atoms with E-state index in [4.69, 9.17) is 4.74 Å². The first-order valence-corrected chi connectivity index (χ1v) is 10.1. The number of carbonyl (C=O) groups is 3. The molecule has 0 aromatic heterocycles. The Morgan fingerprint density at radius 2 is 1.93 bits per heavy atom. The van der Waals surface area contributed by atoms with E-state index in [-0.39, 0.29) is 30.2 Å². The molecule has 7 nitrogen and oxygen atoms in total. The predicted molar refractivity (Wildman–Crippen MR) is 108 cm³/mol. The van der Waals surface area contributed by atoms with E-state index in [0.717, 1.165) is 18.5 Å². The molecule has 1 heterocycles. The number of benzene rings is 1. The topological polar surface area (TPSA) is 87.7 Å². The van der Waals surface area contributed by atoms with Crippen LogP contribution in [0.3, 0.4) is 0 Å². The van der Waals surface area contributed by atoms with Crippen LogP contribution in [0.2, 0.25) is 0 Å². The quantitative estimate of drug-likeness (QED) is 0.500. The molecule has 1 aliphatic heterocycles. The Balaban J connectivity index is 1.79. The van der Waals surface area contributed by atoms with Crippen LogP contribution in [0.4, 0.5) is 5.69 Å². The van der Waals surface area contributed by atoms with Crippen molar-refractivity contribution < 1.29 is 19.1 Å². The smallest absolute Gasteiger partial charge is 0.309 e. The molecule has 2 rings (SSSR count). The maximum Gasteiger partial charge on any atom is 0.309 e. The summed E-state index contributed by atoms with van der Waals surface area (Å²) in [7, 11) is 0. The Morgan fingerprint density at radius 3 is 2.61 bits per heavy atom. The van der Waals surface area contributed by atoms with E-state index in [0.29, 0.717) is 44.6 Å². The number of piperidine rings is 1. The number of nitrogens with one attached hydrogen (secondary N) is 2. The van der Waals surface area contributed by atoms with Gasteiger partial charge in [0.05, 0.1) is 19.1 Å². The lowest BCUT2D eigenvalue weighted by atomic mass is 9.97. The van der Waals surface area contributed by atoms with Gasteiger partial charge in [-0.05, 0) is 44.4 Å². The largest absolute Gasteiger partial charge is 0.466 e. The van der Waals surface area contributed by atoms with Gasteiger partial charge in [0.15, 0.2) is 0 Å². The van der Waals surface area contributed by atoms with Gasteiger partial charge in [0.1, 0.15) is 0 Å². The van der Waals surface area contributed by atoms with Crippen LogP contribution >= 0.6 is 0 Å². The number of carbonyl (C=O) groups excluding carboxylic acids is 3. The third kappa shape index (κ3) is 6.55. The van der Waals surface area contributed by atoms with Crippen LogP contribution in [0.15, 0.2) is 24.3 Å². The van der Waals surface area contributed by atoms with Gasteiger partial charge in [-0.2, -0.15) is 0 Å². The standard InChI is InChI=1S/C21H31N3O4/c1-3-5-11-22-20(26)17-7-6-8-18(14-17)23-15-19(25)24-12-9-16(10-13-24)21(27)28-4-2/h6-8,14,16,23H,3-5,9-13,15H2,1-2H3,(H,22,26). The zero-order chi connectivity index (χ0) is 20.4. The van der Waals surface area contributed by atoms with E-state index in [2.05, 4.69) is 17.6 Å². The van der Waals surface area contributed by atoms with E-state index in [1.807, 2.05) is 6.07 Å². The molecule has 0 bridgehead atoms. The van der Waals surface area contributed by atoms with Crippen LogP contribution in [-0.2, 0) is 14.3 Å². The molecular weight excluding hydrogens is 358 g/mol. The van der Waals surface area contributed by atoms with Crippen LogP contribution in [0, 0.1) is 5.92 Å². The molecule has 0 radical (unpaired) electrons. The van der Waals surface area contributed by atoms with Gasteiger partial charge in [-0.15, -0.1) is 0 Å². The van der Waals surface area contributed by atoms with Gasteiger partial charge >= 0.3 is 5.97 Å². The van der Waals surface area contributed by atoms with Crippen molar-refractivity contribution in [3.63, 3.8) is 0 Å². The van der Waals surface area contributed by atoms with Gasteiger partial charge in [-0.1, -0.05) is 19.4 Å². The van der Waals surface area contributed by atoms with E-state index in [1.165, 1.54) is 0 Å². The lowest BCUT2D eigenvalue weighted by Crippen LogP contribution is -2.43. The number of amides is 2. The van der Waals surface area contributed by atoms with Crippen molar-refractivity contribution in [1.82, 2.24) is 10.2 Å². The van der Waals surface area contributed by atoms with Gasteiger partial charge < -0.3 is 20.3 Å². The lowest BCUT2D eigenvalue weighted by Gasteiger charge is -2.31. The maximum atomic E-state index is 12.4. The summed E-state index contributed by atoms with van der Waals surface area (Å²) in [6.07, 6.45) is 3.25. The van der Waals surface area contributed by atoms with E-state index in [1.54, 1.807) is 30.0 Å². The van der Waals surface area contributed by atoms with E-state index in [9.17, 15) is 14.4 Å². The number of rotatable bonds is 9. The molecule has 7 heteroatoms. The monoisotopic (exact) mass is 389 g/mol. The highest BCUT2D eigenvalue weighted by Gasteiger charge is 2.27. The average molecular weight is 389 g/mol. The number of esters is 1. The van der Waals surface area contributed by atoms with Gasteiger partial charge in [-0.3, -0.25) is 14.4 Å². The summed E-state index contributed by atoms with van der Waals surface area (Å²) in [6.45, 7) is 6.20. The first-order valence-electron chi connectivity index (χ1n) is 10.1. The second-order valence-electron chi connectivity index (χ2n) is 6.95. The van der Waals surface area contributed by atoms with Crippen molar-refractivity contribution in [3.05, 3.63) is 29.8 Å². The molecule has 1 aromatic rings. The summed E-state index contributed by atoms with van der Waals surface area (Å²) in [6, 6.07) is 7.14. The fourth-order valence-corrected chi connectivity index (χ4v) is 3.17. The third-order valence-corrected chi connectivity index (χ3v) is 4.85. The molecule has 0 spiro atoms. The first kappa shape index (κ1) is 21.7. The molecule has 1 aliphatic rings. The fraction of sp³-hybridized carbons (Fsp3) is 0.571. The molecule has 1 aromatic carbocycles. The second-order valence-corrected chi connectivity index (χ2v) is 6.95. The van der Waals surface area contributed by atoms with Crippen molar-refractivity contribution in [1.29, 1.82) is 0 Å². The molecule has 1 saturated heterocycles. The third-order valence-electron chi connectivity index (χ3n) is 4.85. The Labute approximate surface area is 166 Å². The highest BCUT2D eigenvalue weighted by molar-refractivity contribution is 5.95. The minimum Gasteiger partial charge on any atom is -0.466 e. The van der Waals surface area contributed by atoms with Gasteiger partial charge in [0.25, 0.3) is 5.91 Å². The fourth-order valence-electron chi connectivity index (χ4n) is 3.17. The highest BCUT2D eigenvalue weighted by atomic mass is 16.5. The number of unbranched alkanes of at least 4 members (excludes halogenated alkanes) is 1. The number of nitrogens with zero attached hydrogens (tertiary/aromatic N) is 1. The van der Waals surface area contributed by atoms with Crippen LogP contribution in [0.25, 0.3) is 0 Å². The predicted octanol–water partition coefficient (Wildman–Crippen LogP) is 2.43. The number of hydrogen-bond donors (Lipinski definition) is 2. The van der Waals surface area contributed by atoms with Crippen LogP contribution < -0.4 is 10.6 Å². The second kappa shape index (κ2) is 11.3. The Hall–Kier alpha value is -2.57. The zero-order valence-corrected chi connectivity index (χ0v) is 16.8. The molecule has 2 amide bonds. The molecule has 2 N–H and O–H groups in total. The van der Waals surface area contributed by atoms with Gasteiger partial charge in [0, 0.05) is 30.9 Å². The normalized spacial score (nSPS) is 14.4. The highest BCUT2D eigenvalue weighted by Crippen LogP contribution is 2.19. The van der Waals surface area contributed by atoms with Crippen molar-refractivity contribution in [2.45, 2.75) is 39.5 Å². The molecule has 28 heavy (non-hydrogen) atoms. The summed E-state index contributed by atoms with van der Waals surface area (Å²) in [5.74, 6) is -0.397. The summed E-state index contributed by atoms with van der Waals surface area (Å²) in [5, 5.41) is 5.98. The summed E-state index contributed by atoms with van der Waals surface area (Å²) in [5.41, 5.74) is 1.31. The molecule has 0 unspecified atom stereocenters. The van der Waals surface area contributed by atoms with Crippen LogP contribution in [0.5, 0.6) is 0 Å². The lowest BCUT2D eigenvalue weighted by molar-refractivity contribution is -0.151. The van der Waals surface area contributed by atoms with Crippen molar-refractivity contribution in [3.8, 4) is 0 Å². The van der Waals surface area contributed by atoms with Crippen molar-refractivity contribution >= 4 is 23.5 Å². The van der Waals surface area contributed by atoms with E-state index < -0.39 is 0 Å². The summed E-state index contributed by atoms with van der Waals surface area (Å²) >= 11 is 0. The minimum atomic E-state index is -0.165. The van der Waals surface area contributed by atoms with Gasteiger partial charge in [0.2, 0.25) is 5.91 Å². The van der Waals surface area contributed by atoms with Crippen molar-refractivity contribution in [2.75, 3.05) is 38.1 Å². The molecule has 154 valence electrons. The average Bonchev–Trinajstić information content (AvgIpc) is 2.72. The number of ether oxygens (including phenoxy) is 1. The SMILES string of the molecule is CCCCNC(=O)c1cccc(NCC(=O)N2CCC(C(=O)OCC)CC2)c1. The minimum absolute atomic E-state index is 0.0138. The molecule has 1 fully saturated rings. The summed E-state index contributed by atoms with van der Waals surface area (Å²) in [4.78, 5) is 38.1. The molecule has 0 atom stereocenters. The zero-order valence-electron chi connectivity index (χ0n) is 16.8. The summed E-state index contributed by atoms with van der Waals surface area (Å²) < 4.78 is 5.06.